The van der Waals surface area contributed by atoms with Crippen LogP contribution in [0.25, 0.3) is 0 Å². The Bertz CT molecular complexity index is 746. The first-order valence-electron chi connectivity index (χ1n) is 10.6. The molecule has 0 spiro atoms. The number of nitrogens with zero attached hydrogens (tertiary/aromatic N) is 2. The van der Waals surface area contributed by atoms with E-state index in [-0.39, 0.29) is 5.92 Å². The molecule has 1 aliphatic heterocycles. The standard InChI is InChI=1S/C24H30N2O2/c27-24(21-9-5-2-6-10-21)26-17-15-25(16-18-26)22-11-13-23(14-12-22)28-19-20-7-3-1-4-8-20/h1,3-4,7-8,11-14,21H,2,5-6,9-10,15-19H2. The van der Waals surface area contributed by atoms with Crippen molar-refractivity contribution in [2.45, 2.75) is 38.7 Å². The Morgan fingerprint density at radius 1 is 0.857 bits per heavy atom. The first-order valence-corrected chi connectivity index (χ1v) is 10.6. The van der Waals surface area contributed by atoms with Crippen LogP contribution in [0.15, 0.2) is 54.6 Å². The minimum atomic E-state index is 0.279. The van der Waals surface area contributed by atoms with Crippen molar-refractivity contribution in [2.24, 2.45) is 5.92 Å². The summed E-state index contributed by atoms with van der Waals surface area (Å²) in [5, 5.41) is 0. The maximum Gasteiger partial charge on any atom is 0.225 e. The lowest BCUT2D eigenvalue weighted by Crippen LogP contribution is -2.50. The number of benzene rings is 2. The van der Waals surface area contributed by atoms with E-state index in [9.17, 15) is 4.79 Å². The highest BCUT2D eigenvalue weighted by atomic mass is 16.5. The van der Waals surface area contributed by atoms with Gasteiger partial charge in [-0.3, -0.25) is 4.79 Å². The molecule has 1 heterocycles. The van der Waals surface area contributed by atoms with E-state index in [1.165, 1.54) is 30.5 Å². The summed E-state index contributed by atoms with van der Waals surface area (Å²) in [6, 6.07) is 18.5. The van der Waals surface area contributed by atoms with Gasteiger partial charge in [0.05, 0.1) is 0 Å². The van der Waals surface area contributed by atoms with Crippen molar-refractivity contribution in [1.29, 1.82) is 0 Å². The van der Waals surface area contributed by atoms with Gasteiger partial charge in [0.2, 0.25) is 5.91 Å². The summed E-state index contributed by atoms with van der Waals surface area (Å²) in [7, 11) is 0. The van der Waals surface area contributed by atoms with E-state index in [1.54, 1.807) is 0 Å². The second kappa shape index (κ2) is 9.13. The zero-order valence-corrected chi connectivity index (χ0v) is 16.6. The van der Waals surface area contributed by atoms with Gasteiger partial charge in [0.1, 0.15) is 12.4 Å². The lowest BCUT2D eigenvalue weighted by atomic mass is 9.88. The van der Waals surface area contributed by atoms with Crippen LogP contribution in [0.3, 0.4) is 0 Å². The average Bonchev–Trinajstić information content (AvgIpc) is 2.79. The maximum atomic E-state index is 12.7. The zero-order valence-electron chi connectivity index (χ0n) is 16.6. The minimum absolute atomic E-state index is 0.279. The Labute approximate surface area is 168 Å². The van der Waals surface area contributed by atoms with E-state index in [0.717, 1.165) is 44.8 Å². The molecule has 2 fully saturated rings. The molecule has 1 saturated heterocycles. The molecule has 1 saturated carbocycles. The van der Waals surface area contributed by atoms with Crippen molar-refractivity contribution in [1.82, 2.24) is 4.90 Å². The molecule has 0 bridgehead atoms. The van der Waals surface area contributed by atoms with Gasteiger partial charge in [-0.2, -0.15) is 0 Å². The molecule has 4 nitrogen and oxygen atoms in total. The molecule has 0 unspecified atom stereocenters. The fraction of sp³-hybridized carbons (Fsp3) is 0.458. The third kappa shape index (κ3) is 4.67. The van der Waals surface area contributed by atoms with Gasteiger partial charge in [0.15, 0.2) is 0 Å². The summed E-state index contributed by atoms with van der Waals surface area (Å²) >= 11 is 0. The summed E-state index contributed by atoms with van der Waals surface area (Å²) in [6.45, 7) is 4.07. The highest BCUT2D eigenvalue weighted by Crippen LogP contribution is 2.27. The van der Waals surface area contributed by atoms with E-state index in [1.807, 2.05) is 30.3 Å². The first-order chi connectivity index (χ1) is 13.8. The Morgan fingerprint density at radius 2 is 1.54 bits per heavy atom. The third-order valence-corrected chi connectivity index (χ3v) is 6.00. The zero-order chi connectivity index (χ0) is 19.2. The molecule has 28 heavy (non-hydrogen) atoms. The summed E-state index contributed by atoms with van der Waals surface area (Å²) < 4.78 is 5.88. The molecule has 0 radical (unpaired) electrons. The molecular weight excluding hydrogens is 348 g/mol. The van der Waals surface area contributed by atoms with Gasteiger partial charge in [-0.15, -0.1) is 0 Å². The second-order valence-electron chi connectivity index (χ2n) is 7.92. The molecule has 1 aliphatic carbocycles. The van der Waals surface area contributed by atoms with E-state index in [2.05, 4.69) is 34.1 Å². The molecule has 0 N–H and O–H groups in total. The van der Waals surface area contributed by atoms with Crippen molar-refractivity contribution in [3.05, 3.63) is 60.2 Å². The largest absolute Gasteiger partial charge is 0.489 e. The van der Waals surface area contributed by atoms with Crippen molar-refractivity contribution < 1.29 is 9.53 Å². The van der Waals surface area contributed by atoms with Crippen molar-refractivity contribution in [3.8, 4) is 5.75 Å². The van der Waals surface area contributed by atoms with Crippen molar-refractivity contribution >= 4 is 11.6 Å². The predicted octanol–water partition coefficient (Wildman–Crippen LogP) is 4.49. The molecule has 2 aromatic carbocycles. The van der Waals surface area contributed by atoms with Gasteiger partial charge in [-0.25, -0.2) is 0 Å². The van der Waals surface area contributed by atoms with Gasteiger partial charge in [-0.1, -0.05) is 49.6 Å². The van der Waals surface area contributed by atoms with E-state index >= 15 is 0 Å². The van der Waals surface area contributed by atoms with Crippen LogP contribution >= 0.6 is 0 Å². The van der Waals surface area contributed by atoms with Gasteiger partial charge in [0, 0.05) is 37.8 Å². The van der Waals surface area contributed by atoms with Crippen LogP contribution < -0.4 is 9.64 Å². The molecule has 0 atom stereocenters. The number of amides is 1. The van der Waals surface area contributed by atoms with Crippen molar-refractivity contribution in [2.75, 3.05) is 31.1 Å². The van der Waals surface area contributed by atoms with Crippen LogP contribution in [-0.2, 0) is 11.4 Å². The number of hydrogen-bond donors (Lipinski definition) is 0. The Balaban J connectivity index is 1.27. The highest BCUT2D eigenvalue weighted by Gasteiger charge is 2.28. The second-order valence-corrected chi connectivity index (χ2v) is 7.92. The number of piperazine rings is 1. The van der Waals surface area contributed by atoms with Crippen LogP contribution in [0.2, 0.25) is 0 Å². The molecule has 2 aliphatic rings. The van der Waals surface area contributed by atoms with Crippen LogP contribution in [0, 0.1) is 5.92 Å². The summed E-state index contributed by atoms with van der Waals surface area (Å²) in [6.07, 6.45) is 5.90. The number of ether oxygens (including phenoxy) is 1. The molecule has 2 aromatic rings. The van der Waals surface area contributed by atoms with Gasteiger partial charge >= 0.3 is 0 Å². The van der Waals surface area contributed by atoms with Gasteiger partial charge in [0.25, 0.3) is 0 Å². The third-order valence-electron chi connectivity index (χ3n) is 6.00. The molecular formula is C24H30N2O2. The predicted molar refractivity (Wildman–Crippen MR) is 113 cm³/mol. The Morgan fingerprint density at radius 3 is 2.21 bits per heavy atom. The molecule has 148 valence electrons. The van der Waals surface area contributed by atoms with Crippen LogP contribution in [0.1, 0.15) is 37.7 Å². The van der Waals surface area contributed by atoms with E-state index in [4.69, 9.17) is 4.74 Å². The Hall–Kier alpha value is -2.49. The normalized spacial score (nSPS) is 18.1. The van der Waals surface area contributed by atoms with Crippen LogP contribution in [-0.4, -0.2) is 37.0 Å². The Kier molecular flexibility index (Phi) is 6.15. The number of carbonyl (C=O) groups is 1. The molecule has 4 rings (SSSR count). The number of hydrogen-bond acceptors (Lipinski definition) is 3. The number of rotatable bonds is 5. The van der Waals surface area contributed by atoms with Gasteiger partial charge in [-0.05, 0) is 42.7 Å². The fourth-order valence-electron chi connectivity index (χ4n) is 4.29. The number of anilines is 1. The smallest absolute Gasteiger partial charge is 0.225 e. The SMILES string of the molecule is O=C(C1CCCCC1)N1CCN(c2ccc(OCc3ccccc3)cc2)CC1. The topological polar surface area (TPSA) is 32.8 Å². The van der Waals surface area contributed by atoms with E-state index < -0.39 is 0 Å². The minimum Gasteiger partial charge on any atom is -0.489 e. The average molecular weight is 379 g/mol. The molecule has 1 amide bonds. The highest BCUT2D eigenvalue weighted by molar-refractivity contribution is 5.79. The monoisotopic (exact) mass is 378 g/mol. The molecule has 0 aromatic heterocycles. The van der Waals surface area contributed by atoms with Crippen LogP contribution in [0.4, 0.5) is 5.69 Å². The summed E-state index contributed by atoms with van der Waals surface area (Å²) in [5.74, 6) is 1.56. The number of carbonyl (C=O) groups excluding carboxylic acids is 1. The molecule has 4 heteroatoms. The summed E-state index contributed by atoms with van der Waals surface area (Å²) in [5.41, 5.74) is 2.38. The van der Waals surface area contributed by atoms with E-state index in [0.29, 0.717) is 12.5 Å². The lowest BCUT2D eigenvalue weighted by Gasteiger charge is -2.38. The van der Waals surface area contributed by atoms with Crippen LogP contribution in [0.5, 0.6) is 5.75 Å². The fourth-order valence-corrected chi connectivity index (χ4v) is 4.29. The quantitative estimate of drug-likeness (QED) is 0.768. The maximum absolute atomic E-state index is 12.7. The first kappa shape index (κ1) is 18.9. The van der Waals surface area contributed by atoms with Gasteiger partial charge < -0.3 is 14.5 Å². The lowest BCUT2D eigenvalue weighted by molar-refractivity contribution is -0.136. The summed E-state index contributed by atoms with van der Waals surface area (Å²) in [4.78, 5) is 17.2. The van der Waals surface area contributed by atoms with Crippen molar-refractivity contribution in [3.63, 3.8) is 0 Å².